The van der Waals surface area contributed by atoms with Gasteiger partial charge >= 0.3 is 5.97 Å². The number of anilines is 1. The van der Waals surface area contributed by atoms with E-state index in [9.17, 15) is 9.18 Å². The third-order valence-corrected chi connectivity index (χ3v) is 4.88. The van der Waals surface area contributed by atoms with Crippen LogP contribution < -0.4 is 9.64 Å². The molecule has 1 unspecified atom stereocenters. The smallest absolute Gasteiger partial charge is 0.343 e. The molecule has 0 radical (unpaired) electrons. The van der Waals surface area contributed by atoms with Crippen LogP contribution in [0.2, 0.25) is 0 Å². The van der Waals surface area contributed by atoms with Gasteiger partial charge < -0.3 is 14.4 Å². The molecule has 1 atom stereocenters. The maximum atomic E-state index is 13.9. The van der Waals surface area contributed by atoms with Crippen molar-refractivity contribution in [1.82, 2.24) is 19.6 Å². The number of hydrogen-bond donors (Lipinski definition) is 0. The molecule has 2 bridgehead atoms. The molecule has 0 saturated carbocycles. The molecule has 0 N–H and O–H groups in total. The Hall–Kier alpha value is -3.23. The Labute approximate surface area is 153 Å². The molecule has 5 rings (SSSR count). The zero-order valence-corrected chi connectivity index (χ0v) is 14.3. The first-order valence-corrected chi connectivity index (χ1v) is 8.77. The van der Waals surface area contributed by atoms with Crippen molar-refractivity contribution < 1.29 is 18.7 Å². The molecular weight excluding hydrogens is 353 g/mol. The number of fused-ring (bicyclic) bond motifs is 5. The number of halogens is 1. The molecule has 138 valence electrons. The fourth-order valence-corrected chi connectivity index (χ4v) is 3.68. The van der Waals surface area contributed by atoms with Gasteiger partial charge in [-0.3, -0.25) is 0 Å². The largest absolute Gasteiger partial charge is 0.474 e. The van der Waals surface area contributed by atoms with Crippen LogP contribution in [0.3, 0.4) is 0 Å². The lowest BCUT2D eigenvalue weighted by Gasteiger charge is -2.27. The van der Waals surface area contributed by atoms with Crippen LogP contribution in [-0.2, 0) is 4.74 Å². The molecule has 3 aromatic heterocycles. The van der Waals surface area contributed by atoms with Gasteiger partial charge in [0, 0.05) is 18.3 Å². The van der Waals surface area contributed by atoms with Gasteiger partial charge in [-0.25, -0.2) is 23.7 Å². The minimum Gasteiger partial charge on any atom is -0.474 e. The van der Waals surface area contributed by atoms with Crippen molar-refractivity contribution in [3.8, 4) is 5.88 Å². The number of cyclic esters (lactones) is 1. The van der Waals surface area contributed by atoms with E-state index in [0.717, 1.165) is 25.6 Å². The molecule has 0 amide bonds. The highest BCUT2D eigenvalue weighted by Crippen LogP contribution is 2.39. The predicted octanol–water partition coefficient (Wildman–Crippen LogP) is 2.15. The molecule has 0 aromatic carbocycles. The quantitative estimate of drug-likeness (QED) is 0.562. The zero-order valence-electron chi connectivity index (χ0n) is 14.3. The normalized spacial score (nSPS) is 19.5. The van der Waals surface area contributed by atoms with Gasteiger partial charge in [-0.1, -0.05) is 0 Å². The van der Waals surface area contributed by atoms with Crippen molar-refractivity contribution in [1.29, 1.82) is 0 Å². The molecule has 0 spiro atoms. The summed E-state index contributed by atoms with van der Waals surface area (Å²) in [7, 11) is 0. The van der Waals surface area contributed by atoms with Crippen molar-refractivity contribution in [3.05, 3.63) is 47.7 Å². The summed E-state index contributed by atoms with van der Waals surface area (Å²) in [6.45, 7) is 0.931. The average Bonchev–Trinajstić information content (AvgIpc) is 3.31. The molecule has 1 fully saturated rings. The summed E-state index contributed by atoms with van der Waals surface area (Å²) >= 11 is 0. The summed E-state index contributed by atoms with van der Waals surface area (Å²) in [5.74, 6) is 0.117. The van der Waals surface area contributed by atoms with Crippen LogP contribution in [0.5, 0.6) is 5.88 Å². The number of pyridine rings is 1. The second kappa shape index (κ2) is 6.19. The van der Waals surface area contributed by atoms with E-state index in [0.29, 0.717) is 28.5 Å². The fraction of sp³-hybridized carbons (Fsp3) is 0.333. The maximum Gasteiger partial charge on any atom is 0.343 e. The molecule has 1 saturated heterocycles. The van der Waals surface area contributed by atoms with E-state index in [2.05, 4.69) is 20.0 Å². The van der Waals surface area contributed by atoms with Gasteiger partial charge in [0.05, 0.1) is 18.4 Å². The van der Waals surface area contributed by atoms with E-state index in [1.54, 1.807) is 6.20 Å². The highest BCUT2D eigenvalue weighted by atomic mass is 19.1. The summed E-state index contributed by atoms with van der Waals surface area (Å²) in [6, 6.07) is 3.18. The Morgan fingerprint density at radius 3 is 3.04 bits per heavy atom. The molecule has 3 aromatic rings. The van der Waals surface area contributed by atoms with E-state index < -0.39 is 11.8 Å². The number of carbonyl (C=O) groups is 1. The average molecular weight is 369 g/mol. The highest BCUT2D eigenvalue weighted by molar-refractivity contribution is 5.95. The second-order valence-electron chi connectivity index (χ2n) is 6.50. The summed E-state index contributed by atoms with van der Waals surface area (Å²) in [4.78, 5) is 23.2. The maximum absolute atomic E-state index is 13.9. The first-order valence-electron chi connectivity index (χ1n) is 8.77. The SMILES string of the molecule is O=C1OCCOc2ncc(F)cc2C2CCCN2c2ccn3ncc1c3n2. The number of nitrogens with zero attached hydrogens (tertiary/aromatic N) is 5. The van der Waals surface area contributed by atoms with Crippen molar-refractivity contribution >= 4 is 17.4 Å². The van der Waals surface area contributed by atoms with Gasteiger partial charge in [-0.2, -0.15) is 5.10 Å². The topological polar surface area (TPSA) is 81.9 Å². The third-order valence-electron chi connectivity index (χ3n) is 4.88. The van der Waals surface area contributed by atoms with Crippen molar-refractivity contribution in [2.75, 3.05) is 24.7 Å². The first-order chi connectivity index (χ1) is 13.2. The van der Waals surface area contributed by atoms with Crippen LogP contribution in [0.15, 0.2) is 30.7 Å². The van der Waals surface area contributed by atoms with Crippen LogP contribution in [0.25, 0.3) is 5.65 Å². The van der Waals surface area contributed by atoms with E-state index in [1.165, 1.54) is 16.8 Å². The van der Waals surface area contributed by atoms with Gasteiger partial charge in [0.2, 0.25) is 5.88 Å². The number of ether oxygens (including phenoxy) is 2. The minimum atomic E-state index is -0.511. The molecule has 2 aliphatic rings. The van der Waals surface area contributed by atoms with E-state index >= 15 is 0 Å². The number of carbonyl (C=O) groups excluding carboxylic acids is 1. The van der Waals surface area contributed by atoms with Gasteiger partial charge in [-0.15, -0.1) is 0 Å². The number of aromatic nitrogens is 4. The third kappa shape index (κ3) is 2.66. The first kappa shape index (κ1) is 16.0. The van der Waals surface area contributed by atoms with Crippen LogP contribution >= 0.6 is 0 Å². The molecular formula is C18H16FN5O3. The van der Waals surface area contributed by atoms with E-state index in [1.807, 2.05) is 6.07 Å². The fourth-order valence-electron chi connectivity index (χ4n) is 3.68. The lowest BCUT2D eigenvalue weighted by Crippen LogP contribution is -2.24. The van der Waals surface area contributed by atoms with Gasteiger partial charge in [0.25, 0.3) is 0 Å². The summed E-state index contributed by atoms with van der Waals surface area (Å²) in [5.41, 5.74) is 1.41. The minimum absolute atomic E-state index is 0.0444. The van der Waals surface area contributed by atoms with Gasteiger partial charge in [0.1, 0.15) is 30.4 Å². The molecule has 0 aliphatic carbocycles. The van der Waals surface area contributed by atoms with Crippen molar-refractivity contribution in [2.24, 2.45) is 0 Å². The van der Waals surface area contributed by atoms with E-state index in [4.69, 9.17) is 9.47 Å². The molecule has 2 aliphatic heterocycles. The van der Waals surface area contributed by atoms with Crippen LogP contribution in [0.4, 0.5) is 10.2 Å². The van der Waals surface area contributed by atoms with Crippen molar-refractivity contribution in [2.45, 2.75) is 18.9 Å². The van der Waals surface area contributed by atoms with Crippen LogP contribution in [0, 0.1) is 5.82 Å². The number of rotatable bonds is 0. The van der Waals surface area contributed by atoms with Crippen LogP contribution in [-0.4, -0.2) is 45.3 Å². The Balaban J connectivity index is 1.67. The Morgan fingerprint density at radius 1 is 1.22 bits per heavy atom. The van der Waals surface area contributed by atoms with Gasteiger partial charge in [-0.05, 0) is 25.0 Å². The molecule has 5 heterocycles. The zero-order chi connectivity index (χ0) is 18.4. The summed E-state index contributed by atoms with van der Waals surface area (Å²) < 4.78 is 26.4. The Bertz CT molecular complexity index is 1040. The number of esters is 1. The standard InChI is InChI=1S/C18H16FN5O3/c19-11-8-12-14-2-1-4-23(14)15-3-5-24-16(22-15)13(10-21-24)18(25)27-7-6-26-17(12)20-9-11/h3,5,8-10,14H,1-2,4,6-7H2. The Morgan fingerprint density at radius 2 is 2.11 bits per heavy atom. The predicted molar refractivity (Wildman–Crippen MR) is 92.3 cm³/mol. The lowest BCUT2D eigenvalue weighted by atomic mass is 10.1. The van der Waals surface area contributed by atoms with E-state index in [-0.39, 0.29) is 19.3 Å². The number of hydrogen-bond acceptors (Lipinski definition) is 7. The lowest BCUT2D eigenvalue weighted by molar-refractivity contribution is 0.0449. The Kier molecular flexibility index (Phi) is 3.66. The second-order valence-corrected chi connectivity index (χ2v) is 6.50. The highest BCUT2D eigenvalue weighted by Gasteiger charge is 2.31. The molecule has 8 nitrogen and oxygen atoms in total. The summed E-state index contributed by atoms with van der Waals surface area (Å²) in [5, 5.41) is 4.16. The summed E-state index contributed by atoms with van der Waals surface area (Å²) in [6.07, 6.45) is 6.09. The molecule has 27 heavy (non-hydrogen) atoms. The van der Waals surface area contributed by atoms with Crippen molar-refractivity contribution in [3.63, 3.8) is 0 Å². The molecule has 9 heteroatoms. The van der Waals surface area contributed by atoms with Gasteiger partial charge in [0.15, 0.2) is 5.65 Å². The monoisotopic (exact) mass is 369 g/mol. The van der Waals surface area contributed by atoms with Crippen LogP contribution in [0.1, 0.15) is 34.8 Å².